The van der Waals surface area contributed by atoms with E-state index in [9.17, 15) is 0 Å². The Hall–Kier alpha value is -6.90. The zero-order valence-electron chi connectivity index (χ0n) is 28.1. The molecular formula is C50H30O2. The summed E-state index contributed by atoms with van der Waals surface area (Å²) >= 11 is 0. The quantitative estimate of drug-likeness (QED) is 0.175. The van der Waals surface area contributed by atoms with E-state index < -0.39 is 0 Å². The molecule has 0 N–H and O–H groups in total. The van der Waals surface area contributed by atoms with E-state index in [1.165, 1.54) is 66.1 Å². The van der Waals surface area contributed by atoms with Crippen molar-refractivity contribution in [1.82, 2.24) is 0 Å². The summed E-state index contributed by atoms with van der Waals surface area (Å²) < 4.78 is 12.6. The van der Waals surface area contributed by atoms with E-state index in [4.69, 9.17) is 8.83 Å². The molecule has 0 bridgehead atoms. The summed E-state index contributed by atoms with van der Waals surface area (Å²) in [4.78, 5) is 0. The van der Waals surface area contributed by atoms with E-state index in [1.807, 2.05) is 18.2 Å². The van der Waals surface area contributed by atoms with Crippen molar-refractivity contribution in [3.8, 4) is 44.5 Å². The molecule has 0 amide bonds. The Labute approximate surface area is 299 Å². The van der Waals surface area contributed by atoms with Gasteiger partial charge in [-0.1, -0.05) is 158 Å². The smallest absolute Gasteiger partial charge is 0.136 e. The van der Waals surface area contributed by atoms with Crippen LogP contribution in [0.3, 0.4) is 0 Å². The van der Waals surface area contributed by atoms with E-state index in [1.54, 1.807) is 0 Å². The molecule has 11 aromatic rings. The van der Waals surface area contributed by atoms with Gasteiger partial charge in [-0.25, -0.2) is 0 Å². The molecule has 2 heteroatoms. The van der Waals surface area contributed by atoms with Gasteiger partial charge in [0.1, 0.15) is 22.3 Å². The van der Waals surface area contributed by atoms with Gasteiger partial charge >= 0.3 is 0 Å². The Morgan fingerprint density at radius 2 is 0.615 bits per heavy atom. The van der Waals surface area contributed by atoms with Crippen molar-refractivity contribution < 1.29 is 8.83 Å². The summed E-state index contributed by atoms with van der Waals surface area (Å²) in [6, 6.07) is 65.0. The monoisotopic (exact) mass is 662 g/mol. The summed E-state index contributed by atoms with van der Waals surface area (Å²) in [6.07, 6.45) is 0. The van der Waals surface area contributed by atoms with Crippen LogP contribution in [-0.4, -0.2) is 0 Å². The Morgan fingerprint density at radius 1 is 0.231 bits per heavy atom. The number of hydrogen-bond acceptors (Lipinski definition) is 2. The van der Waals surface area contributed by atoms with Gasteiger partial charge in [0, 0.05) is 21.5 Å². The van der Waals surface area contributed by atoms with Crippen LogP contribution in [0.1, 0.15) is 0 Å². The lowest BCUT2D eigenvalue weighted by atomic mass is 9.84. The molecule has 0 radical (unpaired) electrons. The SMILES string of the molecule is c1ccc(-c2cccc3oc4ccccc4c23)c(-c2ccc(-c3c4ccccc4c(-c4cccc5oc6ccccc6c45)c4ccccc34)cc2)c1. The lowest BCUT2D eigenvalue weighted by Gasteiger charge is -2.18. The first-order chi connectivity index (χ1) is 25.8. The standard InChI is InChI=1S/C50H30O2/c1-2-14-34(35-21-11-25-45-49(35)40-19-7-9-23-43(40)51-45)33(13-1)31-27-29-32(30-28-31)47-36-15-3-5-17-38(36)48(39-18-6-4-16-37(39)47)42-22-12-26-46-50(42)41-20-8-10-24-44(41)52-46/h1-30H. The molecule has 11 rings (SSSR count). The first kappa shape index (κ1) is 28.9. The highest BCUT2D eigenvalue weighted by molar-refractivity contribution is 6.25. The molecule has 9 aromatic carbocycles. The third-order valence-electron chi connectivity index (χ3n) is 10.7. The van der Waals surface area contributed by atoms with Gasteiger partial charge in [0.05, 0.1) is 0 Å². The number of hydrogen-bond donors (Lipinski definition) is 0. The fraction of sp³-hybridized carbons (Fsp3) is 0. The first-order valence-corrected chi connectivity index (χ1v) is 17.8. The van der Waals surface area contributed by atoms with Crippen LogP contribution >= 0.6 is 0 Å². The lowest BCUT2D eigenvalue weighted by molar-refractivity contribution is 0.668. The van der Waals surface area contributed by atoms with Crippen molar-refractivity contribution in [3.63, 3.8) is 0 Å². The van der Waals surface area contributed by atoms with E-state index in [-0.39, 0.29) is 0 Å². The molecule has 0 fully saturated rings. The largest absolute Gasteiger partial charge is 0.456 e. The average molecular weight is 663 g/mol. The molecule has 0 aliphatic rings. The van der Waals surface area contributed by atoms with Crippen LogP contribution in [0, 0.1) is 0 Å². The van der Waals surface area contributed by atoms with Gasteiger partial charge in [-0.05, 0) is 90.3 Å². The number of rotatable bonds is 4. The maximum Gasteiger partial charge on any atom is 0.136 e. The van der Waals surface area contributed by atoms with Crippen molar-refractivity contribution in [2.24, 2.45) is 0 Å². The number of benzene rings is 9. The number of furan rings is 2. The fourth-order valence-corrected chi connectivity index (χ4v) is 8.50. The lowest BCUT2D eigenvalue weighted by Crippen LogP contribution is -1.91. The molecule has 0 unspecified atom stereocenters. The highest BCUT2D eigenvalue weighted by atomic mass is 16.3. The van der Waals surface area contributed by atoms with Crippen molar-refractivity contribution in [1.29, 1.82) is 0 Å². The summed E-state index contributed by atoms with van der Waals surface area (Å²) in [5.74, 6) is 0. The van der Waals surface area contributed by atoms with Crippen LogP contribution < -0.4 is 0 Å². The van der Waals surface area contributed by atoms with E-state index in [0.717, 1.165) is 43.9 Å². The zero-order valence-corrected chi connectivity index (χ0v) is 28.1. The third kappa shape index (κ3) is 4.25. The van der Waals surface area contributed by atoms with Crippen LogP contribution in [0.25, 0.3) is 110 Å². The molecule has 242 valence electrons. The van der Waals surface area contributed by atoms with Gasteiger partial charge in [-0.15, -0.1) is 0 Å². The summed E-state index contributed by atoms with van der Waals surface area (Å²) in [6.45, 7) is 0. The molecular weight excluding hydrogens is 633 g/mol. The molecule has 0 atom stereocenters. The van der Waals surface area contributed by atoms with Gasteiger partial charge in [-0.3, -0.25) is 0 Å². The zero-order chi connectivity index (χ0) is 34.2. The Morgan fingerprint density at radius 3 is 1.19 bits per heavy atom. The van der Waals surface area contributed by atoms with Gasteiger partial charge in [0.15, 0.2) is 0 Å². The molecule has 2 aromatic heterocycles. The Bertz CT molecular complexity index is 3120. The molecule has 0 aliphatic heterocycles. The molecule has 0 saturated carbocycles. The molecule has 2 nitrogen and oxygen atoms in total. The molecule has 0 aliphatic carbocycles. The second-order valence-electron chi connectivity index (χ2n) is 13.5. The maximum atomic E-state index is 6.35. The average Bonchev–Trinajstić information content (AvgIpc) is 3.79. The molecule has 0 saturated heterocycles. The highest BCUT2D eigenvalue weighted by Crippen LogP contribution is 2.47. The summed E-state index contributed by atoms with van der Waals surface area (Å²) in [5, 5.41) is 9.49. The minimum atomic E-state index is 0.906. The van der Waals surface area contributed by atoms with Crippen molar-refractivity contribution in [2.75, 3.05) is 0 Å². The van der Waals surface area contributed by atoms with Crippen molar-refractivity contribution in [3.05, 3.63) is 182 Å². The molecule has 52 heavy (non-hydrogen) atoms. The topological polar surface area (TPSA) is 26.3 Å². The first-order valence-electron chi connectivity index (χ1n) is 17.8. The van der Waals surface area contributed by atoms with Crippen molar-refractivity contribution >= 4 is 65.4 Å². The van der Waals surface area contributed by atoms with Crippen LogP contribution in [0.5, 0.6) is 0 Å². The van der Waals surface area contributed by atoms with Crippen LogP contribution in [0.15, 0.2) is 191 Å². The second-order valence-corrected chi connectivity index (χ2v) is 13.5. The summed E-state index contributed by atoms with van der Waals surface area (Å²) in [7, 11) is 0. The fourth-order valence-electron chi connectivity index (χ4n) is 8.50. The van der Waals surface area contributed by atoms with Crippen LogP contribution in [0.4, 0.5) is 0 Å². The minimum absolute atomic E-state index is 0.906. The van der Waals surface area contributed by atoms with Crippen LogP contribution in [0.2, 0.25) is 0 Å². The van der Waals surface area contributed by atoms with Gasteiger partial charge in [-0.2, -0.15) is 0 Å². The van der Waals surface area contributed by atoms with Crippen LogP contribution in [-0.2, 0) is 0 Å². The van der Waals surface area contributed by atoms with Gasteiger partial charge in [0.25, 0.3) is 0 Å². The van der Waals surface area contributed by atoms with E-state index in [2.05, 4.69) is 164 Å². The Kier molecular flexibility index (Phi) is 6.28. The van der Waals surface area contributed by atoms with Crippen molar-refractivity contribution in [2.45, 2.75) is 0 Å². The van der Waals surface area contributed by atoms with Gasteiger partial charge in [0.2, 0.25) is 0 Å². The second kappa shape index (κ2) is 11.3. The molecule has 2 heterocycles. The Balaban J connectivity index is 1.10. The normalized spacial score (nSPS) is 11.8. The minimum Gasteiger partial charge on any atom is -0.456 e. The number of fused-ring (bicyclic) bond motifs is 8. The molecule has 0 spiro atoms. The summed E-state index contributed by atoms with van der Waals surface area (Å²) in [5.41, 5.74) is 13.2. The third-order valence-corrected chi connectivity index (χ3v) is 10.7. The predicted molar refractivity (Wildman–Crippen MR) is 218 cm³/mol. The number of para-hydroxylation sites is 2. The van der Waals surface area contributed by atoms with Gasteiger partial charge < -0.3 is 8.83 Å². The maximum absolute atomic E-state index is 6.35. The van der Waals surface area contributed by atoms with E-state index >= 15 is 0 Å². The highest BCUT2D eigenvalue weighted by Gasteiger charge is 2.21. The van der Waals surface area contributed by atoms with E-state index in [0.29, 0.717) is 0 Å². The predicted octanol–water partition coefficient (Wildman–Crippen LogP) is 14.5.